The van der Waals surface area contributed by atoms with E-state index in [9.17, 15) is 0 Å². The third kappa shape index (κ3) is 8.87. The SMILES string of the molecule is Cc1cc(C)cc(P2(C)=NP(c3cc(C)cc(C)c3)(c3cc(C)cc(C)c3)=NP(c3cc(C)cc(C)c3)(c3cc(C)cc(C)c3)=N2)c1.Cc1cccc(C)c1. The normalized spacial score (nSPS) is 16.9. The lowest BCUT2D eigenvalue weighted by Crippen LogP contribution is -2.23. The van der Waals surface area contributed by atoms with Gasteiger partial charge in [-0.25, -0.2) is 13.5 Å². The number of aryl methyl sites for hydroxylation is 12. The van der Waals surface area contributed by atoms with Crippen molar-refractivity contribution < 1.29 is 0 Å². The van der Waals surface area contributed by atoms with Crippen LogP contribution >= 0.6 is 21.6 Å². The van der Waals surface area contributed by atoms with Crippen LogP contribution in [0, 0.1) is 83.1 Å². The van der Waals surface area contributed by atoms with E-state index in [2.05, 4.69) is 205 Å². The molecule has 0 spiro atoms. The molecule has 0 amide bonds. The molecule has 1 heterocycles. The van der Waals surface area contributed by atoms with E-state index in [1.807, 2.05) is 0 Å². The van der Waals surface area contributed by atoms with Gasteiger partial charge in [0.05, 0.1) is 0 Å². The fraction of sp³-hybridized carbons (Fsp3) is 0.265. The summed E-state index contributed by atoms with van der Waals surface area (Å²) in [4.78, 5) is 0. The van der Waals surface area contributed by atoms with Crippen LogP contribution in [0.25, 0.3) is 0 Å². The van der Waals surface area contributed by atoms with Crippen LogP contribution in [0.15, 0.2) is 129 Å². The van der Waals surface area contributed by atoms with Gasteiger partial charge in [-0.05, 0) is 150 Å². The van der Waals surface area contributed by atoms with Crippen molar-refractivity contribution in [3.63, 3.8) is 0 Å². The van der Waals surface area contributed by atoms with Crippen LogP contribution in [-0.2, 0) is 0 Å². The Bertz CT molecular complexity index is 2290. The lowest BCUT2D eigenvalue weighted by molar-refractivity contribution is 1.39. The van der Waals surface area contributed by atoms with E-state index in [0.29, 0.717) is 0 Å². The average Bonchev–Trinajstić information content (AvgIpc) is 3.06. The van der Waals surface area contributed by atoms with Crippen molar-refractivity contribution in [3.8, 4) is 0 Å². The maximum atomic E-state index is 6.34. The Morgan fingerprint density at radius 2 is 0.509 bits per heavy atom. The van der Waals surface area contributed by atoms with Gasteiger partial charge in [-0.15, -0.1) is 0 Å². The molecule has 0 bridgehead atoms. The Kier molecular flexibility index (Phi) is 11.7. The van der Waals surface area contributed by atoms with Crippen molar-refractivity contribution in [1.29, 1.82) is 0 Å². The maximum absolute atomic E-state index is 6.34. The highest BCUT2D eigenvalue weighted by Crippen LogP contribution is 2.75. The molecule has 0 fully saturated rings. The van der Waals surface area contributed by atoms with E-state index in [1.54, 1.807) is 0 Å². The first kappa shape index (κ1) is 40.7. The van der Waals surface area contributed by atoms with E-state index in [-0.39, 0.29) is 0 Å². The molecule has 1 atom stereocenters. The molecule has 6 heteroatoms. The third-order valence-corrected chi connectivity index (χ3v) is 22.1. The monoisotopic (exact) mass is 781 g/mol. The lowest BCUT2D eigenvalue weighted by Gasteiger charge is -2.37. The van der Waals surface area contributed by atoms with Gasteiger partial charge in [-0.2, -0.15) is 0 Å². The lowest BCUT2D eigenvalue weighted by atomic mass is 10.2. The zero-order chi connectivity index (χ0) is 39.9. The number of benzene rings is 6. The molecular formula is C49H58N3P3. The van der Waals surface area contributed by atoms with Crippen molar-refractivity contribution in [2.45, 2.75) is 83.1 Å². The zero-order valence-electron chi connectivity index (χ0n) is 35.2. The predicted octanol–water partition coefficient (Wildman–Crippen LogP) is 13.0. The number of hydrogen-bond acceptors (Lipinski definition) is 3. The van der Waals surface area contributed by atoms with Gasteiger partial charge in [0.1, 0.15) is 21.6 Å². The van der Waals surface area contributed by atoms with Gasteiger partial charge in [0.15, 0.2) is 0 Å². The molecule has 6 aromatic carbocycles. The van der Waals surface area contributed by atoms with Gasteiger partial charge in [0, 0.05) is 26.5 Å². The van der Waals surface area contributed by atoms with Crippen molar-refractivity contribution in [2.24, 2.45) is 13.5 Å². The molecule has 1 aliphatic heterocycles. The summed E-state index contributed by atoms with van der Waals surface area (Å²) in [5, 5.41) is 6.14. The molecule has 0 aromatic heterocycles. The minimum Gasteiger partial charge on any atom is -0.228 e. The van der Waals surface area contributed by atoms with Crippen LogP contribution in [0.1, 0.15) is 66.8 Å². The Balaban J connectivity index is 0.000000572. The first-order chi connectivity index (χ1) is 25.9. The second-order valence-electron chi connectivity index (χ2n) is 16.3. The van der Waals surface area contributed by atoms with Crippen molar-refractivity contribution in [1.82, 2.24) is 0 Å². The number of hydrogen-bond donors (Lipinski definition) is 0. The number of nitrogens with zero attached hydrogens (tertiary/aromatic N) is 3. The second-order valence-corrected chi connectivity index (χ2v) is 25.2. The quantitative estimate of drug-likeness (QED) is 0.156. The molecule has 0 saturated carbocycles. The van der Waals surface area contributed by atoms with Crippen LogP contribution in [0.4, 0.5) is 0 Å². The van der Waals surface area contributed by atoms with Crippen LogP contribution < -0.4 is 26.5 Å². The molecule has 55 heavy (non-hydrogen) atoms. The summed E-state index contributed by atoms with van der Waals surface area (Å²) in [5.41, 5.74) is 15.1. The molecule has 3 nitrogen and oxygen atoms in total. The Morgan fingerprint density at radius 3 is 0.764 bits per heavy atom. The smallest absolute Gasteiger partial charge is 0.138 e. The topological polar surface area (TPSA) is 37.1 Å². The molecule has 6 aromatic rings. The van der Waals surface area contributed by atoms with Gasteiger partial charge in [0.25, 0.3) is 0 Å². The highest BCUT2D eigenvalue weighted by molar-refractivity contribution is 7.98. The van der Waals surface area contributed by atoms with Crippen LogP contribution in [0.3, 0.4) is 0 Å². The van der Waals surface area contributed by atoms with Gasteiger partial charge in [0.2, 0.25) is 0 Å². The molecule has 1 unspecified atom stereocenters. The van der Waals surface area contributed by atoms with Gasteiger partial charge in [-0.1, -0.05) is 121 Å². The Hall–Kier alpha value is -3.99. The minimum absolute atomic E-state index is 1.23. The largest absolute Gasteiger partial charge is 0.228 e. The fourth-order valence-corrected chi connectivity index (χ4v) is 23.7. The summed E-state index contributed by atoms with van der Waals surface area (Å²) >= 11 is 0. The fourth-order valence-electron chi connectivity index (χ4n) is 8.08. The summed E-state index contributed by atoms with van der Waals surface area (Å²) in [5.74, 6) is 0. The average molecular weight is 782 g/mol. The summed E-state index contributed by atoms with van der Waals surface area (Å²) in [6.07, 6.45) is 0. The molecule has 284 valence electrons. The van der Waals surface area contributed by atoms with Gasteiger partial charge >= 0.3 is 0 Å². The summed E-state index contributed by atoms with van der Waals surface area (Å²) in [6.45, 7) is 28.6. The van der Waals surface area contributed by atoms with E-state index in [1.165, 1.54) is 93.3 Å². The zero-order valence-corrected chi connectivity index (χ0v) is 37.8. The first-order valence-electron chi connectivity index (χ1n) is 19.2. The van der Waals surface area contributed by atoms with Crippen molar-refractivity contribution >= 4 is 48.1 Å². The molecule has 0 radical (unpaired) electrons. The molecule has 7 rings (SSSR count). The minimum atomic E-state index is -2.78. The molecular weight excluding hydrogens is 723 g/mol. The number of rotatable bonds is 5. The van der Waals surface area contributed by atoms with Gasteiger partial charge in [-0.3, -0.25) is 0 Å². The van der Waals surface area contributed by atoms with Crippen LogP contribution in [-0.4, -0.2) is 6.66 Å². The first-order valence-corrected chi connectivity index (χ1v) is 24.8. The Labute approximate surface area is 332 Å². The van der Waals surface area contributed by atoms with Crippen molar-refractivity contribution in [2.75, 3.05) is 6.66 Å². The highest BCUT2D eigenvalue weighted by atomic mass is 31.3. The molecule has 0 N–H and O–H groups in total. The van der Waals surface area contributed by atoms with Crippen LogP contribution in [0.5, 0.6) is 0 Å². The summed E-state index contributed by atoms with van der Waals surface area (Å²) < 4.78 is 18.6. The third-order valence-electron chi connectivity index (χ3n) is 10.0. The Morgan fingerprint density at radius 1 is 0.273 bits per heavy atom. The predicted molar refractivity (Wildman–Crippen MR) is 248 cm³/mol. The molecule has 0 saturated heterocycles. The molecule has 1 aliphatic rings. The highest BCUT2D eigenvalue weighted by Gasteiger charge is 2.40. The van der Waals surface area contributed by atoms with E-state index in [4.69, 9.17) is 13.5 Å². The van der Waals surface area contributed by atoms with E-state index in [0.717, 1.165) is 0 Å². The summed E-state index contributed by atoms with van der Waals surface area (Å²) in [6, 6.07) is 43.4. The molecule has 0 aliphatic carbocycles. The summed E-state index contributed by atoms with van der Waals surface area (Å²) in [7, 11) is -8.10. The van der Waals surface area contributed by atoms with Gasteiger partial charge < -0.3 is 0 Å². The van der Waals surface area contributed by atoms with Crippen LogP contribution in [0.2, 0.25) is 0 Å². The van der Waals surface area contributed by atoms with Crippen molar-refractivity contribution in [3.05, 3.63) is 182 Å². The van der Waals surface area contributed by atoms with E-state index < -0.39 is 21.6 Å². The maximum Gasteiger partial charge on any atom is 0.138 e. The van der Waals surface area contributed by atoms with E-state index >= 15 is 0 Å². The standard InChI is InChI=1S/C41H48N3P3.C8H10/c1-27-12-28(2)18-37(17-27)45(11)42-46(38-19-29(3)13-30(4)20-38,39-21-31(5)14-32(6)22-39)44-47(43-45,40-23-33(7)15-34(8)24-40)41-25-35(9)16-36(10)26-41;1-7-4-3-5-8(2)6-7/h12-26H,1-11H3;3-6H,1-2H3. The second kappa shape index (κ2) is 15.9.